The van der Waals surface area contributed by atoms with Crippen molar-refractivity contribution in [1.29, 1.82) is 0 Å². The predicted molar refractivity (Wildman–Crippen MR) is 111 cm³/mol. The average molecular weight is 404 g/mol. The van der Waals surface area contributed by atoms with Crippen molar-refractivity contribution in [1.82, 2.24) is 14.6 Å². The fraction of sp³-hybridized carbons (Fsp3) is 0.182. The second-order valence-electron chi connectivity index (χ2n) is 6.73. The van der Waals surface area contributed by atoms with Crippen molar-refractivity contribution in [2.24, 2.45) is 0 Å². The zero-order chi connectivity index (χ0) is 20.5. The number of ether oxygens (including phenoxy) is 4. The van der Waals surface area contributed by atoms with Gasteiger partial charge in [-0.3, -0.25) is 0 Å². The number of aromatic nitrogens is 3. The summed E-state index contributed by atoms with van der Waals surface area (Å²) in [5.74, 6) is 3.50. The van der Waals surface area contributed by atoms with Gasteiger partial charge in [-0.15, -0.1) is 5.10 Å². The standard InChI is InChI=1S/C22H20N4O4/c1-27-16-5-3-4-14(10-16)12-23-19-8-9-20-24-21(22(28-2)26(20)25-19)15-6-7-17-18(11-15)30-13-29-17/h3-11H,12-13H2,1-2H3,(H,23,25). The Bertz CT molecular complexity index is 1220. The van der Waals surface area contributed by atoms with Crippen molar-refractivity contribution in [3.05, 3.63) is 60.2 Å². The van der Waals surface area contributed by atoms with E-state index in [9.17, 15) is 0 Å². The Kier molecular flexibility index (Phi) is 4.51. The molecule has 2 aromatic heterocycles. The molecule has 0 aliphatic carbocycles. The maximum absolute atomic E-state index is 5.64. The second kappa shape index (κ2) is 7.47. The van der Waals surface area contributed by atoms with E-state index in [2.05, 4.69) is 10.4 Å². The average Bonchev–Trinajstić information content (AvgIpc) is 3.41. The van der Waals surface area contributed by atoms with Crippen molar-refractivity contribution in [2.45, 2.75) is 6.54 Å². The van der Waals surface area contributed by atoms with Gasteiger partial charge in [-0.25, -0.2) is 4.98 Å². The Morgan fingerprint density at radius 2 is 1.90 bits per heavy atom. The molecule has 4 aromatic rings. The van der Waals surface area contributed by atoms with Gasteiger partial charge in [0.2, 0.25) is 12.7 Å². The summed E-state index contributed by atoms with van der Waals surface area (Å²) in [6, 6.07) is 17.4. The van der Waals surface area contributed by atoms with Gasteiger partial charge in [0.1, 0.15) is 17.3 Å². The Morgan fingerprint density at radius 1 is 1.00 bits per heavy atom. The number of rotatable bonds is 6. The number of benzene rings is 2. The van der Waals surface area contributed by atoms with Crippen LogP contribution in [0.25, 0.3) is 16.9 Å². The molecule has 0 saturated carbocycles. The summed E-state index contributed by atoms with van der Waals surface area (Å²) >= 11 is 0. The van der Waals surface area contributed by atoms with Crippen molar-refractivity contribution in [3.63, 3.8) is 0 Å². The largest absolute Gasteiger partial charge is 0.497 e. The predicted octanol–water partition coefficient (Wildman–Crippen LogP) is 3.75. The zero-order valence-electron chi connectivity index (χ0n) is 16.6. The molecule has 5 rings (SSSR count). The molecule has 0 saturated heterocycles. The van der Waals surface area contributed by atoms with Crippen molar-refractivity contribution >= 4 is 11.5 Å². The van der Waals surface area contributed by atoms with Crippen LogP contribution in [0.15, 0.2) is 54.6 Å². The van der Waals surface area contributed by atoms with Crippen LogP contribution in [-0.4, -0.2) is 35.6 Å². The Labute approximate surface area is 173 Å². The molecule has 1 N–H and O–H groups in total. The van der Waals surface area contributed by atoms with Gasteiger partial charge in [-0.2, -0.15) is 4.52 Å². The van der Waals surface area contributed by atoms with Crippen molar-refractivity contribution in [2.75, 3.05) is 26.3 Å². The molecule has 152 valence electrons. The van der Waals surface area contributed by atoms with E-state index in [0.29, 0.717) is 35.3 Å². The molecule has 8 nitrogen and oxygen atoms in total. The summed E-state index contributed by atoms with van der Waals surface area (Å²) in [7, 11) is 3.27. The maximum atomic E-state index is 5.64. The normalized spacial score (nSPS) is 12.2. The molecule has 0 unspecified atom stereocenters. The molecule has 1 aliphatic heterocycles. The lowest BCUT2D eigenvalue weighted by atomic mass is 10.1. The van der Waals surface area contributed by atoms with Crippen LogP contribution in [0.2, 0.25) is 0 Å². The lowest BCUT2D eigenvalue weighted by Crippen LogP contribution is -2.05. The fourth-order valence-electron chi connectivity index (χ4n) is 3.40. The van der Waals surface area contributed by atoms with Crippen LogP contribution in [0.4, 0.5) is 5.82 Å². The number of anilines is 1. The van der Waals surface area contributed by atoms with Gasteiger partial charge in [0.25, 0.3) is 0 Å². The Hall–Kier alpha value is -3.94. The summed E-state index contributed by atoms with van der Waals surface area (Å²) in [5, 5.41) is 7.98. The number of nitrogens with zero attached hydrogens (tertiary/aromatic N) is 3. The quantitative estimate of drug-likeness (QED) is 0.524. The second-order valence-corrected chi connectivity index (χ2v) is 6.73. The van der Waals surface area contributed by atoms with Crippen LogP contribution >= 0.6 is 0 Å². The van der Waals surface area contributed by atoms with Crippen LogP contribution in [-0.2, 0) is 6.54 Å². The van der Waals surface area contributed by atoms with Crippen LogP contribution in [0, 0.1) is 0 Å². The van der Waals surface area contributed by atoms with Crippen LogP contribution < -0.4 is 24.3 Å². The van der Waals surface area contributed by atoms with E-state index in [4.69, 9.17) is 23.9 Å². The summed E-state index contributed by atoms with van der Waals surface area (Å²) in [4.78, 5) is 4.70. The molecule has 0 atom stereocenters. The molecule has 1 aliphatic rings. The number of methoxy groups -OCH3 is 2. The molecule has 0 radical (unpaired) electrons. The number of hydrogen-bond acceptors (Lipinski definition) is 7. The molecule has 8 heteroatoms. The Balaban J connectivity index is 1.45. The first-order valence-electron chi connectivity index (χ1n) is 9.46. The first kappa shape index (κ1) is 18.1. The van der Waals surface area contributed by atoms with E-state index in [1.807, 2.05) is 54.6 Å². The van der Waals surface area contributed by atoms with E-state index in [-0.39, 0.29) is 6.79 Å². The lowest BCUT2D eigenvalue weighted by molar-refractivity contribution is 0.174. The van der Waals surface area contributed by atoms with E-state index in [0.717, 1.165) is 22.6 Å². The van der Waals surface area contributed by atoms with Crippen LogP contribution in [0.5, 0.6) is 23.1 Å². The molecule has 0 spiro atoms. The molecule has 3 heterocycles. The first-order valence-corrected chi connectivity index (χ1v) is 9.46. The highest BCUT2D eigenvalue weighted by Crippen LogP contribution is 2.38. The van der Waals surface area contributed by atoms with Gasteiger partial charge >= 0.3 is 0 Å². The maximum Gasteiger partial charge on any atom is 0.243 e. The monoisotopic (exact) mass is 404 g/mol. The minimum Gasteiger partial charge on any atom is -0.497 e. The number of nitrogens with one attached hydrogen (secondary N) is 1. The Morgan fingerprint density at radius 3 is 2.77 bits per heavy atom. The van der Waals surface area contributed by atoms with Gasteiger partial charge in [-0.1, -0.05) is 12.1 Å². The van der Waals surface area contributed by atoms with Crippen LogP contribution in [0.1, 0.15) is 5.56 Å². The van der Waals surface area contributed by atoms with Gasteiger partial charge in [-0.05, 0) is 48.0 Å². The molecule has 0 fully saturated rings. The van der Waals surface area contributed by atoms with Gasteiger partial charge < -0.3 is 24.3 Å². The van der Waals surface area contributed by atoms with Gasteiger partial charge in [0.15, 0.2) is 17.1 Å². The summed E-state index contributed by atoms with van der Waals surface area (Å²) in [5.41, 5.74) is 3.34. The fourth-order valence-corrected chi connectivity index (χ4v) is 3.40. The van der Waals surface area contributed by atoms with E-state index >= 15 is 0 Å². The molecule has 0 bridgehead atoms. The lowest BCUT2D eigenvalue weighted by Gasteiger charge is -2.08. The summed E-state index contributed by atoms with van der Waals surface area (Å²) in [6.45, 7) is 0.840. The SMILES string of the molecule is COc1cccc(CNc2ccc3nc(-c4ccc5c(c4)OCO5)c(OC)n3n2)c1. The van der Waals surface area contributed by atoms with E-state index in [1.165, 1.54) is 0 Å². The highest BCUT2D eigenvalue weighted by atomic mass is 16.7. The third kappa shape index (κ3) is 3.22. The minimum atomic E-state index is 0.227. The number of imidazole rings is 1. The summed E-state index contributed by atoms with van der Waals surface area (Å²) < 4.78 is 23.5. The van der Waals surface area contributed by atoms with E-state index in [1.54, 1.807) is 18.7 Å². The van der Waals surface area contributed by atoms with Crippen LogP contribution in [0.3, 0.4) is 0 Å². The van der Waals surface area contributed by atoms with Crippen molar-refractivity contribution < 1.29 is 18.9 Å². The number of hydrogen-bond donors (Lipinski definition) is 1. The first-order chi connectivity index (χ1) is 14.7. The molecular formula is C22H20N4O4. The summed E-state index contributed by atoms with van der Waals surface area (Å²) in [6.07, 6.45) is 0. The highest BCUT2D eigenvalue weighted by molar-refractivity contribution is 5.72. The van der Waals surface area contributed by atoms with Gasteiger partial charge in [0, 0.05) is 12.1 Å². The minimum absolute atomic E-state index is 0.227. The molecular weight excluding hydrogens is 384 g/mol. The smallest absolute Gasteiger partial charge is 0.243 e. The topological polar surface area (TPSA) is 79.1 Å². The van der Waals surface area contributed by atoms with Gasteiger partial charge in [0.05, 0.1) is 14.2 Å². The molecule has 2 aromatic carbocycles. The molecule has 0 amide bonds. The molecule has 30 heavy (non-hydrogen) atoms. The third-order valence-corrected chi connectivity index (χ3v) is 4.88. The highest BCUT2D eigenvalue weighted by Gasteiger charge is 2.20. The van der Waals surface area contributed by atoms with E-state index < -0.39 is 0 Å². The zero-order valence-corrected chi connectivity index (χ0v) is 16.6. The number of fused-ring (bicyclic) bond motifs is 2. The third-order valence-electron chi connectivity index (χ3n) is 4.88. The van der Waals surface area contributed by atoms with Crippen molar-refractivity contribution in [3.8, 4) is 34.4 Å².